The van der Waals surface area contributed by atoms with E-state index in [1.54, 1.807) is 42.3 Å². The highest BCUT2D eigenvalue weighted by atomic mass is 16.5. The van der Waals surface area contributed by atoms with Gasteiger partial charge in [0.1, 0.15) is 11.3 Å². The maximum Gasteiger partial charge on any atom is 0.274 e. The van der Waals surface area contributed by atoms with Crippen molar-refractivity contribution in [1.29, 1.82) is 5.41 Å². The molecule has 5 rings (SSSR count). The molecule has 10 heteroatoms. The Morgan fingerprint density at radius 1 is 1.39 bits per heavy atom. The summed E-state index contributed by atoms with van der Waals surface area (Å²) in [7, 11) is 1.68. The summed E-state index contributed by atoms with van der Waals surface area (Å²) in [5.74, 6) is -0.465. The third-order valence-electron chi connectivity index (χ3n) is 7.09. The highest BCUT2D eigenvalue weighted by molar-refractivity contribution is 6.28. The summed E-state index contributed by atoms with van der Waals surface area (Å²) in [5, 5.41) is 14.6. The van der Waals surface area contributed by atoms with Crippen LogP contribution in [0.5, 0.6) is 0 Å². The van der Waals surface area contributed by atoms with Crippen molar-refractivity contribution in [2.45, 2.75) is 69.2 Å². The number of aromatic nitrogens is 1. The smallest absolute Gasteiger partial charge is 0.274 e. The number of hydrogen-bond donors (Lipinski definition) is 3. The number of methoxy groups -OCH3 is 1. The molecule has 36 heavy (non-hydrogen) atoms. The van der Waals surface area contributed by atoms with Gasteiger partial charge < -0.3 is 29.4 Å². The van der Waals surface area contributed by atoms with E-state index in [9.17, 15) is 9.59 Å². The SMILES string of the molecule is COCC12CCC(N/C=C3/C=C(C(=O)Nc4cccn(C5CC5)c4=O)C(OC(C)C)=NC3=N)(CO1)C2. The number of ether oxygens (including phenoxy) is 3. The van der Waals surface area contributed by atoms with Gasteiger partial charge in [0.25, 0.3) is 11.5 Å². The predicted molar refractivity (Wildman–Crippen MR) is 135 cm³/mol. The third kappa shape index (κ3) is 4.75. The lowest BCUT2D eigenvalue weighted by Crippen LogP contribution is -2.42. The number of rotatable bonds is 8. The number of carbonyl (C=O) groups is 1. The van der Waals surface area contributed by atoms with E-state index in [4.69, 9.17) is 19.6 Å². The Morgan fingerprint density at radius 2 is 2.19 bits per heavy atom. The van der Waals surface area contributed by atoms with Crippen molar-refractivity contribution < 1.29 is 19.0 Å². The van der Waals surface area contributed by atoms with Crippen molar-refractivity contribution in [3.63, 3.8) is 0 Å². The van der Waals surface area contributed by atoms with Gasteiger partial charge in [-0.1, -0.05) is 0 Å². The molecule has 2 aliphatic heterocycles. The first kappa shape index (κ1) is 24.5. The Labute approximate surface area is 209 Å². The number of amides is 1. The molecule has 4 aliphatic rings. The first-order chi connectivity index (χ1) is 17.2. The molecule has 10 nitrogen and oxygen atoms in total. The van der Waals surface area contributed by atoms with Crippen LogP contribution in [0.2, 0.25) is 0 Å². The van der Waals surface area contributed by atoms with Crippen LogP contribution in [0, 0.1) is 5.41 Å². The minimum Gasteiger partial charge on any atom is -0.474 e. The first-order valence-corrected chi connectivity index (χ1v) is 12.4. The first-order valence-electron chi connectivity index (χ1n) is 12.4. The zero-order valence-electron chi connectivity index (χ0n) is 20.9. The molecule has 3 heterocycles. The zero-order valence-corrected chi connectivity index (χ0v) is 20.9. The molecule has 2 aliphatic carbocycles. The Balaban J connectivity index is 1.38. The summed E-state index contributed by atoms with van der Waals surface area (Å²) in [6, 6.07) is 3.54. The number of pyridine rings is 1. The summed E-state index contributed by atoms with van der Waals surface area (Å²) in [6.07, 6.45) is 9.38. The quantitative estimate of drug-likeness (QED) is 0.509. The van der Waals surface area contributed by atoms with Crippen LogP contribution in [-0.2, 0) is 19.0 Å². The van der Waals surface area contributed by atoms with Gasteiger partial charge in [-0.25, -0.2) is 0 Å². The molecular weight excluding hydrogens is 462 g/mol. The van der Waals surface area contributed by atoms with Crippen LogP contribution in [0.3, 0.4) is 0 Å². The van der Waals surface area contributed by atoms with Crippen molar-refractivity contribution in [2.75, 3.05) is 25.6 Å². The number of anilines is 1. The number of nitrogens with one attached hydrogen (secondary N) is 3. The number of amidine groups is 1. The van der Waals surface area contributed by atoms with Crippen LogP contribution >= 0.6 is 0 Å². The molecule has 0 aromatic carbocycles. The molecule has 1 aromatic heterocycles. The van der Waals surface area contributed by atoms with Gasteiger partial charge in [0.05, 0.1) is 30.5 Å². The van der Waals surface area contributed by atoms with Crippen LogP contribution in [0.25, 0.3) is 0 Å². The Hall–Kier alpha value is -3.24. The van der Waals surface area contributed by atoms with Crippen molar-refractivity contribution in [3.05, 3.63) is 52.1 Å². The van der Waals surface area contributed by atoms with Gasteiger partial charge in [-0.2, -0.15) is 4.99 Å². The maximum absolute atomic E-state index is 13.3. The van der Waals surface area contributed by atoms with Crippen molar-refractivity contribution in [3.8, 4) is 0 Å². The average Bonchev–Trinajstić information content (AvgIpc) is 3.53. The average molecular weight is 496 g/mol. The van der Waals surface area contributed by atoms with Crippen LogP contribution < -0.4 is 16.2 Å². The number of fused-ring (bicyclic) bond motifs is 2. The van der Waals surface area contributed by atoms with Gasteiger partial charge in [-0.15, -0.1) is 0 Å². The van der Waals surface area contributed by atoms with Crippen LogP contribution in [-0.4, -0.2) is 59.8 Å². The van der Waals surface area contributed by atoms with Crippen molar-refractivity contribution >= 4 is 23.3 Å². The Bertz CT molecular complexity index is 1220. The second kappa shape index (κ2) is 9.33. The second-order valence-corrected chi connectivity index (χ2v) is 10.4. The molecule has 1 aromatic rings. The summed E-state index contributed by atoms with van der Waals surface area (Å²) < 4.78 is 18.8. The topological polar surface area (TPSA) is 127 Å². The Morgan fingerprint density at radius 3 is 2.86 bits per heavy atom. The molecule has 3 N–H and O–H groups in total. The molecule has 0 spiro atoms. The van der Waals surface area contributed by atoms with E-state index in [0.29, 0.717) is 18.8 Å². The van der Waals surface area contributed by atoms with Gasteiger partial charge in [0.15, 0.2) is 5.84 Å². The Kier molecular flexibility index (Phi) is 6.34. The lowest BCUT2D eigenvalue weighted by molar-refractivity contribution is -0.112. The largest absolute Gasteiger partial charge is 0.474 e. The monoisotopic (exact) mass is 495 g/mol. The van der Waals surface area contributed by atoms with E-state index < -0.39 is 5.91 Å². The van der Waals surface area contributed by atoms with Crippen LogP contribution in [0.15, 0.2) is 51.5 Å². The lowest BCUT2D eigenvalue weighted by Gasteiger charge is -2.28. The highest BCUT2D eigenvalue weighted by Crippen LogP contribution is 2.47. The fourth-order valence-electron chi connectivity index (χ4n) is 5.15. The van der Waals surface area contributed by atoms with E-state index in [-0.39, 0.29) is 51.8 Å². The summed E-state index contributed by atoms with van der Waals surface area (Å²) >= 11 is 0. The van der Waals surface area contributed by atoms with E-state index in [1.807, 2.05) is 13.8 Å². The highest BCUT2D eigenvalue weighted by Gasteiger charge is 2.55. The molecule has 2 unspecified atom stereocenters. The number of hydrogen-bond acceptors (Lipinski definition) is 7. The fourth-order valence-corrected chi connectivity index (χ4v) is 5.15. The minimum atomic E-state index is -0.513. The van der Waals surface area contributed by atoms with E-state index in [1.165, 1.54) is 0 Å². The van der Waals surface area contributed by atoms with Crippen molar-refractivity contribution in [2.24, 2.45) is 4.99 Å². The number of dihydropyridines is 1. The van der Waals surface area contributed by atoms with Gasteiger partial charge in [0, 0.05) is 37.5 Å². The summed E-state index contributed by atoms with van der Waals surface area (Å²) in [5.41, 5.74) is 0.0730. The number of aliphatic imine (C=N–C) groups is 1. The molecule has 2 saturated carbocycles. The van der Waals surface area contributed by atoms with E-state index >= 15 is 0 Å². The molecule has 3 fully saturated rings. The van der Waals surface area contributed by atoms with Crippen molar-refractivity contribution in [1.82, 2.24) is 9.88 Å². The lowest BCUT2D eigenvalue weighted by atomic mass is 9.98. The molecule has 1 saturated heterocycles. The van der Waals surface area contributed by atoms with Gasteiger partial charge in [-0.3, -0.25) is 15.0 Å². The summed E-state index contributed by atoms with van der Waals surface area (Å²) in [4.78, 5) is 30.4. The van der Waals surface area contributed by atoms with Gasteiger partial charge >= 0.3 is 0 Å². The maximum atomic E-state index is 13.3. The fraction of sp³-hybridized carbons (Fsp3) is 0.538. The van der Waals surface area contributed by atoms with E-state index in [2.05, 4.69) is 15.6 Å². The van der Waals surface area contributed by atoms with Crippen LogP contribution in [0.1, 0.15) is 52.0 Å². The molecule has 192 valence electrons. The molecule has 1 amide bonds. The van der Waals surface area contributed by atoms with Gasteiger partial charge in [-0.05, 0) is 57.7 Å². The molecule has 2 bridgehead atoms. The molecule has 2 atom stereocenters. The molecular formula is C26H33N5O5. The predicted octanol–water partition coefficient (Wildman–Crippen LogP) is 2.67. The summed E-state index contributed by atoms with van der Waals surface area (Å²) in [6.45, 7) is 4.75. The number of carbonyl (C=O) groups excluding carboxylic acids is 1. The number of nitrogens with zero attached hydrogens (tertiary/aromatic N) is 2. The zero-order chi connectivity index (χ0) is 25.5. The minimum absolute atomic E-state index is 0.0121. The third-order valence-corrected chi connectivity index (χ3v) is 7.09. The standard InChI is InChI=1S/C26H33N5O5/c1-16(2)36-23-19(22(32)29-20-5-4-10-31(24(20)33)18-6-7-18)11-17(21(27)30-23)12-28-25-8-9-26(13-25,15-34-3)35-14-25/h4-5,10-12,16,18,27-28H,6-9,13-15H2,1-3H3,(H,29,32)/b17-12-,27-21?. The normalized spacial score (nSPS) is 28.3. The van der Waals surface area contributed by atoms with Crippen LogP contribution in [0.4, 0.5) is 5.69 Å². The second-order valence-electron chi connectivity index (χ2n) is 10.4. The van der Waals surface area contributed by atoms with Gasteiger partial charge in [0.2, 0.25) is 5.90 Å². The molecule has 0 radical (unpaired) electrons. The van der Waals surface area contributed by atoms with E-state index in [0.717, 1.165) is 32.1 Å².